The number of hydrogen-bond acceptors (Lipinski definition) is 8. The minimum atomic E-state index is 0.565. The molecule has 57 heavy (non-hydrogen) atoms. The summed E-state index contributed by atoms with van der Waals surface area (Å²) < 4.78 is 15.0. The predicted octanol–water partition coefficient (Wildman–Crippen LogP) is 13.2. The summed E-state index contributed by atoms with van der Waals surface area (Å²) in [7, 11) is 0. The molecule has 5 aromatic heterocycles. The van der Waals surface area contributed by atoms with Crippen molar-refractivity contribution < 1.29 is 8.83 Å². The van der Waals surface area contributed by atoms with E-state index in [1.165, 1.54) is 4.70 Å². The van der Waals surface area contributed by atoms with E-state index >= 15 is 0 Å². The molecule has 0 bridgehead atoms. The third-order valence-electron chi connectivity index (χ3n) is 10.6. The third kappa shape index (κ3) is 5.15. The Morgan fingerprint density at radius 3 is 1.86 bits per heavy atom. The van der Waals surface area contributed by atoms with Crippen LogP contribution >= 0.6 is 11.3 Å². The highest BCUT2D eigenvalue weighted by Gasteiger charge is 2.20. The first-order valence-electron chi connectivity index (χ1n) is 18.7. The second-order valence-corrected chi connectivity index (χ2v) is 15.1. The van der Waals surface area contributed by atoms with E-state index in [-0.39, 0.29) is 0 Å². The summed E-state index contributed by atoms with van der Waals surface area (Å²) in [6, 6.07) is 55.2. The number of rotatable bonds is 5. The third-order valence-corrected chi connectivity index (χ3v) is 11.7. The van der Waals surface area contributed by atoms with Crippen molar-refractivity contribution in [2.45, 2.75) is 0 Å². The van der Waals surface area contributed by atoms with Crippen molar-refractivity contribution in [2.75, 3.05) is 0 Å². The van der Waals surface area contributed by atoms with E-state index in [0.29, 0.717) is 23.3 Å². The van der Waals surface area contributed by atoms with Crippen molar-refractivity contribution >= 4 is 75.5 Å². The molecule has 0 aliphatic heterocycles. The van der Waals surface area contributed by atoms with Gasteiger partial charge in [-0.2, -0.15) is 0 Å². The molecule has 0 spiro atoms. The molecule has 0 amide bonds. The Balaban J connectivity index is 1.01. The number of hydrogen-bond donors (Lipinski definition) is 0. The largest absolute Gasteiger partial charge is 0.456 e. The molecule has 0 atom stereocenters. The lowest BCUT2D eigenvalue weighted by Crippen LogP contribution is -2.00. The van der Waals surface area contributed by atoms with Gasteiger partial charge in [0.1, 0.15) is 22.3 Å². The molecule has 0 radical (unpaired) electrons. The lowest BCUT2D eigenvalue weighted by molar-refractivity contribution is 0.668. The van der Waals surface area contributed by atoms with Gasteiger partial charge in [-0.05, 0) is 48.5 Å². The average Bonchev–Trinajstić information content (AvgIpc) is 3.97. The first-order valence-corrected chi connectivity index (χ1v) is 19.5. The molecule has 0 saturated heterocycles. The number of nitrogens with zero attached hydrogens (tertiary/aromatic N) is 5. The van der Waals surface area contributed by atoms with Gasteiger partial charge in [0.2, 0.25) is 0 Å². The van der Waals surface area contributed by atoms with Crippen LogP contribution in [0.15, 0.2) is 173 Å². The van der Waals surface area contributed by atoms with Crippen LogP contribution in [-0.2, 0) is 0 Å². The van der Waals surface area contributed by atoms with Crippen LogP contribution in [0.1, 0.15) is 0 Å². The van der Waals surface area contributed by atoms with Crippen molar-refractivity contribution in [3.05, 3.63) is 164 Å². The summed E-state index contributed by atoms with van der Waals surface area (Å²) in [5, 5.41) is 5.06. The van der Waals surface area contributed by atoms with Crippen molar-refractivity contribution in [3.8, 4) is 56.8 Å². The normalized spacial score (nSPS) is 11.9. The molecule has 5 heterocycles. The van der Waals surface area contributed by atoms with E-state index in [0.717, 1.165) is 93.0 Å². The second kappa shape index (κ2) is 12.5. The molecule has 0 aliphatic carbocycles. The number of para-hydroxylation sites is 1. The van der Waals surface area contributed by atoms with Crippen molar-refractivity contribution in [2.24, 2.45) is 0 Å². The highest BCUT2D eigenvalue weighted by molar-refractivity contribution is 7.26. The summed E-state index contributed by atoms with van der Waals surface area (Å²) in [5.74, 6) is 2.38. The summed E-state index contributed by atoms with van der Waals surface area (Å²) in [6.45, 7) is 0. The Kier molecular flexibility index (Phi) is 6.96. The average molecular weight is 750 g/mol. The number of fused-ring (bicyclic) bond motifs is 9. The molecule has 12 aromatic rings. The van der Waals surface area contributed by atoms with Gasteiger partial charge in [0.25, 0.3) is 0 Å². The first kappa shape index (κ1) is 31.8. The maximum absolute atomic E-state index is 6.51. The van der Waals surface area contributed by atoms with E-state index in [4.69, 9.17) is 33.8 Å². The maximum atomic E-state index is 6.51. The Labute approximate surface area is 328 Å². The molecule has 7 aromatic carbocycles. The van der Waals surface area contributed by atoms with E-state index in [1.807, 2.05) is 103 Å². The highest BCUT2D eigenvalue weighted by atomic mass is 32.1. The smallest absolute Gasteiger partial charge is 0.164 e. The van der Waals surface area contributed by atoms with E-state index < -0.39 is 0 Å². The molecule has 0 aliphatic rings. The quantitative estimate of drug-likeness (QED) is 0.173. The Bertz CT molecular complexity index is 3540. The van der Waals surface area contributed by atoms with Crippen LogP contribution < -0.4 is 0 Å². The lowest BCUT2D eigenvalue weighted by Gasteiger charge is -2.09. The Hall–Kier alpha value is -7.55. The molecule has 0 fully saturated rings. The number of thiophene rings is 1. The fourth-order valence-corrected chi connectivity index (χ4v) is 9.02. The van der Waals surface area contributed by atoms with E-state index in [1.54, 1.807) is 11.3 Å². The van der Waals surface area contributed by atoms with E-state index in [2.05, 4.69) is 60.7 Å². The van der Waals surface area contributed by atoms with Crippen LogP contribution in [0.25, 0.3) is 121 Å². The zero-order valence-corrected chi connectivity index (χ0v) is 30.9. The molecule has 266 valence electrons. The summed E-state index contributed by atoms with van der Waals surface area (Å²) in [5.41, 5.74) is 9.58. The molecule has 7 nitrogen and oxygen atoms in total. The van der Waals surface area contributed by atoms with Gasteiger partial charge in [0.15, 0.2) is 23.3 Å². The minimum Gasteiger partial charge on any atom is -0.456 e. The van der Waals surface area contributed by atoms with Crippen molar-refractivity contribution in [1.29, 1.82) is 0 Å². The van der Waals surface area contributed by atoms with E-state index in [9.17, 15) is 0 Å². The van der Waals surface area contributed by atoms with Gasteiger partial charge in [0, 0.05) is 59.4 Å². The highest BCUT2D eigenvalue weighted by Crippen LogP contribution is 2.41. The van der Waals surface area contributed by atoms with Gasteiger partial charge in [-0.1, -0.05) is 115 Å². The van der Waals surface area contributed by atoms with Gasteiger partial charge in [0.05, 0.1) is 15.9 Å². The minimum absolute atomic E-state index is 0.565. The van der Waals surface area contributed by atoms with Gasteiger partial charge in [-0.15, -0.1) is 11.3 Å². The van der Waals surface area contributed by atoms with Crippen LogP contribution in [0.2, 0.25) is 0 Å². The van der Waals surface area contributed by atoms with Crippen molar-refractivity contribution in [3.63, 3.8) is 0 Å². The fourth-order valence-electron chi connectivity index (χ4n) is 7.87. The van der Waals surface area contributed by atoms with Crippen LogP contribution in [0.4, 0.5) is 0 Å². The fraction of sp³-hybridized carbons (Fsp3) is 0. The monoisotopic (exact) mass is 749 g/mol. The number of furan rings is 2. The maximum Gasteiger partial charge on any atom is 0.164 e. The molecular weight excluding hydrogens is 723 g/mol. The molecule has 0 unspecified atom stereocenters. The summed E-state index contributed by atoms with van der Waals surface area (Å²) in [6.07, 6.45) is 0. The first-order chi connectivity index (χ1) is 28.2. The van der Waals surface area contributed by atoms with Gasteiger partial charge in [-0.3, -0.25) is 0 Å². The second-order valence-electron chi connectivity index (χ2n) is 14.0. The van der Waals surface area contributed by atoms with Crippen LogP contribution in [0.3, 0.4) is 0 Å². The van der Waals surface area contributed by atoms with Crippen LogP contribution in [0.5, 0.6) is 0 Å². The van der Waals surface area contributed by atoms with Gasteiger partial charge < -0.3 is 8.83 Å². The standard InChI is InChI=1S/C49H27N5O2S/c1-3-12-28(13-4-1)43-45-44(34-17-8-10-21-41(34)57-45)51-47(50-43)31-22-24-32-36-26-30(23-25-38(36)56-40(32)27-31)48-52-46(29-14-5-2-6-15-29)53-49(54-48)35-18-11-20-39-42(35)33-16-7-9-19-37(33)55-39/h1-27H. The Morgan fingerprint density at radius 2 is 1.00 bits per heavy atom. The zero-order chi connectivity index (χ0) is 37.5. The van der Waals surface area contributed by atoms with Gasteiger partial charge >= 0.3 is 0 Å². The zero-order valence-electron chi connectivity index (χ0n) is 30.0. The topological polar surface area (TPSA) is 90.7 Å². The predicted molar refractivity (Wildman–Crippen MR) is 230 cm³/mol. The summed E-state index contributed by atoms with van der Waals surface area (Å²) >= 11 is 1.73. The number of benzene rings is 7. The van der Waals surface area contributed by atoms with Crippen LogP contribution in [-0.4, -0.2) is 24.9 Å². The molecule has 0 N–H and O–H groups in total. The van der Waals surface area contributed by atoms with Crippen LogP contribution in [0, 0.1) is 0 Å². The molecule has 12 rings (SSSR count). The number of aromatic nitrogens is 5. The Morgan fingerprint density at radius 1 is 0.368 bits per heavy atom. The molecular formula is C49H27N5O2S. The SMILES string of the molecule is c1ccc(-c2nc(-c3ccc4oc5cc(-c6nc(-c7ccccc7)c7sc8ccccc8c7n6)ccc5c4c3)nc(-c3cccc4oc5ccccc5c34)n2)cc1. The van der Waals surface area contributed by atoms with Gasteiger partial charge in [-0.25, -0.2) is 24.9 Å². The molecule has 8 heteroatoms. The van der Waals surface area contributed by atoms with Crippen molar-refractivity contribution in [1.82, 2.24) is 24.9 Å². The lowest BCUT2D eigenvalue weighted by atomic mass is 10.0. The molecule has 0 saturated carbocycles. The summed E-state index contributed by atoms with van der Waals surface area (Å²) in [4.78, 5) is 25.5.